The monoisotopic (exact) mass is 651 g/mol. The Morgan fingerprint density at radius 2 is 1.70 bits per heavy atom. The molecule has 0 radical (unpaired) electrons. The summed E-state index contributed by atoms with van der Waals surface area (Å²) in [7, 11) is -3.90. The largest absolute Gasteiger partial charge is 0.478 e. The van der Waals surface area contributed by atoms with Gasteiger partial charge in [0.05, 0.1) is 23.0 Å². The maximum absolute atomic E-state index is 12.9. The van der Waals surface area contributed by atoms with Gasteiger partial charge in [0.25, 0.3) is 0 Å². The Hall–Kier alpha value is -4.28. The van der Waals surface area contributed by atoms with E-state index in [4.69, 9.17) is 4.74 Å². The van der Waals surface area contributed by atoms with E-state index >= 15 is 0 Å². The van der Waals surface area contributed by atoms with E-state index in [2.05, 4.69) is 20.4 Å². The third-order valence-corrected chi connectivity index (χ3v) is 8.96. The minimum Gasteiger partial charge on any atom is -0.478 e. The molecule has 0 aliphatic rings. The molecule has 2 aromatic carbocycles. The number of thiophene rings is 1. The summed E-state index contributed by atoms with van der Waals surface area (Å²) in [5, 5.41) is 20.3. The van der Waals surface area contributed by atoms with E-state index in [1.165, 1.54) is 41.2 Å². The number of carbonyl (C=O) groups is 2. The number of aromatic nitrogens is 3. The van der Waals surface area contributed by atoms with Gasteiger partial charge < -0.3 is 15.2 Å². The molecule has 0 fully saturated rings. The standard InChI is InChI=1S/C28H28F3N5O6S2/c1-27(2,3)42-26(39)32-11-4-12-33-44(40,41)24-10-9-23(43-24)18-13-19(25(37)38)15-21(14-18)36-16-22(34-35-36)17-5-7-20(8-6-17)28(29,30)31/h5-10,13-16,33H,4,11-12H2,1-3H3,(H,32,39)(H,37,38). The predicted molar refractivity (Wildman–Crippen MR) is 156 cm³/mol. The molecule has 2 heterocycles. The molecule has 44 heavy (non-hydrogen) atoms. The number of rotatable bonds is 10. The van der Waals surface area contributed by atoms with Gasteiger partial charge in [-0.3, -0.25) is 0 Å². The quantitative estimate of drug-likeness (QED) is 0.188. The Morgan fingerprint density at radius 1 is 1.00 bits per heavy atom. The highest BCUT2D eigenvalue weighted by Crippen LogP contribution is 2.34. The average molecular weight is 652 g/mol. The van der Waals surface area contributed by atoms with E-state index in [-0.39, 0.29) is 28.6 Å². The number of nitrogens with zero attached hydrogens (tertiary/aromatic N) is 3. The van der Waals surface area contributed by atoms with E-state index in [0.29, 0.717) is 28.1 Å². The molecule has 1 amide bonds. The first kappa shape index (κ1) is 32.6. The zero-order chi connectivity index (χ0) is 32.3. The van der Waals surface area contributed by atoms with Crippen LogP contribution < -0.4 is 10.0 Å². The van der Waals surface area contributed by atoms with E-state index < -0.39 is 39.4 Å². The summed E-state index contributed by atoms with van der Waals surface area (Å²) in [5.74, 6) is -1.23. The highest BCUT2D eigenvalue weighted by molar-refractivity contribution is 7.91. The highest BCUT2D eigenvalue weighted by atomic mass is 32.2. The van der Waals surface area contributed by atoms with Crippen LogP contribution in [0.25, 0.3) is 27.4 Å². The first-order valence-corrected chi connectivity index (χ1v) is 15.4. The number of sulfonamides is 1. The number of amides is 1. The lowest BCUT2D eigenvalue weighted by atomic mass is 10.1. The number of alkyl halides is 3. The van der Waals surface area contributed by atoms with Crippen LogP contribution >= 0.6 is 11.3 Å². The molecule has 0 unspecified atom stereocenters. The van der Waals surface area contributed by atoms with Gasteiger partial charge in [0.2, 0.25) is 10.0 Å². The molecule has 2 aromatic heterocycles. The van der Waals surface area contributed by atoms with Gasteiger partial charge in [0, 0.05) is 23.5 Å². The molecule has 234 valence electrons. The lowest BCUT2D eigenvalue weighted by molar-refractivity contribution is -0.137. The number of hydrogen-bond acceptors (Lipinski definition) is 8. The zero-order valence-electron chi connectivity index (χ0n) is 23.7. The van der Waals surface area contributed by atoms with Crippen molar-refractivity contribution in [1.29, 1.82) is 0 Å². The molecule has 0 bridgehead atoms. The molecule has 3 N–H and O–H groups in total. The van der Waals surface area contributed by atoms with Crippen LogP contribution in [0.15, 0.2) is 65.0 Å². The van der Waals surface area contributed by atoms with Crippen molar-refractivity contribution in [3.63, 3.8) is 0 Å². The van der Waals surface area contributed by atoms with Crippen molar-refractivity contribution in [2.45, 2.75) is 43.2 Å². The minimum atomic E-state index is -4.48. The second-order valence-corrected chi connectivity index (χ2v) is 13.6. The van der Waals surface area contributed by atoms with Gasteiger partial charge in [0.1, 0.15) is 15.5 Å². The molecule has 0 spiro atoms. The van der Waals surface area contributed by atoms with Crippen LogP contribution in [-0.2, 0) is 20.9 Å². The number of carbonyl (C=O) groups excluding carboxylic acids is 1. The van der Waals surface area contributed by atoms with Crippen LogP contribution in [-0.4, -0.2) is 59.3 Å². The summed E-state index contributed by atoms with van der Waals surface area (Å²) in [6.45, 7) is 5.43. The van der Waals surface area contributed by atoms with Gasteiger partial charge in [-0.1, -0.05) is 17.3 Å². The first-order valence-electron chi connectivity index (χ1n) is 13.1. The summed E-state index contributed by atoms with van der Waals surface area (Å²) < 4.78 is 73.3. The van der Waals surface area contributed by atoms with Crippen molar-refractivity contribution in [1.82, 2.24) is 25.0 Å². The molecule has 4 aromatic rings. The van der Waals surface area contributed by atoms with E-state index in [1.807, 2.05) is 0 Å². The average Bonchev–Trinajstić information content (AvgIpc) is 3.62. The third kappa shape index (κ3) is 8.42. The number of ether oxygens (including phenoxy) is 1. The smallest absolute Gasteiger partial charge is 0.416 e. The second kappa shape index (κ2) is 12.8. The molecule has 0 atom stereocenters. The number of alkyl carbamates (subject to hydrolysis) is 1. The van der Waals surface area contributed by atoms with Crippen LogP contribution in [0.4, 0.5) is 18.0 Å². The Morgan fingerprint density at radius 3 is 2.34 bits per heavy atom. The summed E-state index contributed by atoms with van der Waals surface area (Å²) >= 11 is 0.927. The lowest BCUT2D eigenvalue weighted by Crippen LogP contribution is -2.34. The molecule has 4 rings (SSSR count). The van der Waals surface area contributed by atoms with Crippen molar-refractivity contribution in [3.05, 3.63) is 71.9 Å². The maximum atomic E-state index is 12.9. The number of carboxylic acid groups (broad SMARTS) is 1. The summed E-state index contributed by atoms with van der Waals surface area (Å²) in [6.07, 6.45) is -3.33. The SMILES string of the molecule is CC(C)(C)OC(=O)NCCCNS(=O)(=O)c1ccc(-c2cc(C(=O)O)cc(-n3cc(-c4ccc(C(F)(F)F)cc4)nn3)c2)s1. The number of aromatic carboxylic acids is 1. The van der Waals surface area contributed by atoms with E-state index in [1.54, 1.807) is 32.9 Å². The van der Waals surface area contributed by atoms with Gasteiger partial charge in [-0.25, -0.2) is 27.4 Å². The summed E-state index contributed by atoms with van der Waals surface area (Å²) in [6, 6.07) is 11.6. The number of halogens is 3. The van der Waals surface area contributed by atoms with Crippen LogP contribution in [0.3, 0.4) is 0 Å². The van der Waals surface area contributed by atoms with Gasteiger partial charge in [-0.15, -0.1) is 16.4 Å². The molecular weight excluding hydrogens is 623 g/mol. The maximum Gasteiger partial charge on any atom is 0.416 e. The third-order valence-electron chi connectivity index (χ3n) is 5.88. The molecule has 0 aliphatic carbocycles. The second-order valence-electron chi connectivity index (χ2n) is 10.5. The van der Waals surface area contributed by atoms with Crippen molar-refractivity contribution >= 4 is 33.4 Å². The Balaban J connectivity index is 1.49. The van der Waals surface area contributed by atoms with Gasteiger partial charge in [-0.2, -0.15) is 13.2 Å². The molecule has 11 nitrogen and oxygen atoms in total. The van der Waals surface area contributed by atoms with Crippen molar-refractivity contribution < 1.29 is 41.0 Å². The fourth-order valence-electron chi connectivity index (χ4n) is 3.85. The van der Waals surface area contributed by atoms with Crippen molar-refractivity contribution in [2.24, 2.45) is 0 Å². The van der Waals surface area contributed by atoms with Crippen LogP contribution in [0.2, 0.25) is 0 Å². The van der Waals surface area contributed by atoms with E-state index in [9.17, 15) is 36.3 Å². The molecule has 16 heteroatoms. The number of nitrogens with one attached hydrogen (secondary N) is 2. The number of hydrogen-bond donors (Lipinski definition) is 3. The lowest BCUT2D eigenvalue weighted by Gasteiger charge is -2.19. The van der Waals surface area contributed by atoms with Gasteiger partial charge in [0.15, 0.2) is 0 Å². The number of carboxylic acids is 1. The highest BCUT2D eigenvalue weighted by Gasteiger charge is 2.30. The molecule has 0 saturated heterocycles. The van der Waals surface area contributed by atoms with E-state index in [0.717, 1.165) is 23.5 Å². The summed E-state index contributed by atoms with van der Waals surface area (Å²) in [5.41, 5.74) is -0.231. The number of benzene rings is 2. The van der Waals surface area contributed by atoms with Crippen molar-refractivity contribution in [2.75, 3.05) is 13.1 Å². The van der Waals surface area contributed by atoms with Crippen LogP contribution in [0.1, 0.15) is 43.1 Å². The molecular formula is C28H28F3N5O6S2. The topological polar surface area (TPSA) is 153 Å². The fraction of sp³-hybridized carbons (Fsp3) is 0.286. The normalized spacial score (nSPS) is 12.2. The molecule has 0 saturated carbocycles. The first-order chi connectivity index (χ1) is 20.5. The predicted octanol–water partition coefficient (Wildman–Crippen LogP) is 5.57. The van der Waals surface area contributed by atoms with Crippen LogP contribution in [0.5, 0.6) is 0 Å². The Labute approximate surface area is 254 Å². The van der Waals surface area contributed by atoms with Gasteiger partial charge in [-0.05, 0) is 75.2 Å². The van der Waals surface area contributed by atoms with Gasteiger partial charge >= 0.3 is 18.2 Å². The summed E-state index contributed by atoms with van der Waals surface area (Å²) in [4.78, 5) is 24.1. The van der Waals surface area contributed by atoms with Crippen molar-refractivity contribution in [3.8, 4) is 27.4 Å². The Kier molecular flexibility index (Phi) is 9.46. The Bertz CT molecular complexity index is 1760. The van der Waals surface area contributed by atoms with Crippen LogP contribution in [0, 0.1) is 0 Å². The molecule has 0 aliphatic heterocycles. The minimum absolute atomic E-state index is 0.000209. The zero-order valence-corrected chi connectivity index (χ0v) is 25.3. The fourth-order valence-corrected chi connectivity index (χ4v) is 6.26.